The van der Waals surface area contributed by atoms with Gasteiger partial charge in [-0.25, -0.2) is 0 Å². The number of carbonyl (C=O) groups is 1. The Balaban J connectivity index is 0.000000383. The van der Waals surface area contributed by atoms with E-state index in [2.05, 4.69) is 0 Å². The van der Waals surface area contributed by atoms with Crippen LogP contribution in [-0.2, 0) is 4.74 Å². The summed E-state index contributed by atoms with van der Waals surface area (Å²) in [4.78, 5) is 11.9. The van der Waals surface area contributed by atoms with Crippen LogP contribution in [0.15, 0.2) is 48.5 Å². The molecule has 0 fully saturated rings. The number of phenolic OH excluding ortho intramolecular Hbond substituents is 2. The maximum atomic E-state index is 11.9. The van der Waals surface area contributed by atoms with E-state index in [4.69, 9.17) is 4.74 Å². The summed E-state index contributed by atoms with van der Waals surface area (Å²) in [5, 5.41) is 18.9. The van der Waals surface area contributed by atoms with Crippen LogP contribution in [0.25, 0.3) is 0 Å². The number of ketones is 1. The number of benzene rings is 2. The van der Waals surface area contributed by atoms with E-state index >= 15 is 0 Å². The van der Waals surface area contributed by atoms with Crippen LogP contribution in [0.3, 0.4) is 0 Å². The van der Waals surface area contributed by atoms with E-state index in [1.165, 1.54) is 18.2 Å². The number of rotatable bonds is 4. The molecule has 0 heterocycles. The highest BCUT2D eigenvalue weighted by Crippen LogP contribution is 2.29. The molecule has 0 aliphatic rings. The summed E-state index contributed by atoms with van der Waals surface area (Å²) in [5.74, 6) is -0.980. The molecule has 112 valence electrons. The summed E-state index contributed by atoms with van der Waals surface area (Å²) < 4.78 is 4.83. The molecule has 2 aromatic rings. The van der Waals surface area contributed by atoms with E-state index in [1.807, 2.05) is 13.8 Å². The fourth-order valence-electron chi connectivity index (χ4n) is 1.66. The van der Waals surface area contributed by atoms with Crippen molar-refractivity contribution < 1.29 is 19.7 Å². The molecule has 0 spiro atoms. The second-order valence-corrected chi connectivity index (χ2v) is 4.15. The van der Waals surface area contributed by atoms with Gasteiger partial charge < -0.3 is 14.9 Å². The minimum atomic E-state index is -0.378. The maximum absolute atomic E-state index is 11.9. The number of ether oxygens (including phenoxy) is 1. The van der Waals surface area contributed by atoms with Crippen molar-refractivity contribution in [3.05, 3.63) is 59.7 Å². The fourth-order valence-corrected chi connectivity index (χ4v) is 1.66. The number of aromatic hydroxyl groups is 2. The first-order valence-electron chi connectivity index (χ1n) is 6.80. The lowest BCUT2D eigenvalue weighted by atomic mass is 10.0. The van der Waals surface area contributed by atoms with Gasteiger partial charge >= 0.3 is 0 Å². The molecule has 0 atom stereocenters. The molecule has 0 radical (unpaired) electrons. The van der Waals surface area contributed by atoms with Crippen LogP contribution in [0.5, 0.6) is 11.5 Å². The number of hydrogen-bond acceptors (Lipinski definition) is 4. The first kappa shape index (κ1) is 16.7. The lowest BCUT2D eigenvalue weighted by Crippen LogP contribution is -2.01. The van der Waals surface area contributed by atoms with Crippen molar-refractivity contribution in [1.29, 1.82) is 0 Å². The molecule has 0 aliphatic heterocycles. The summed E-state index contributed by atoms with van der Waals surface area (Å²) in [7, 11) is 0. The zero-order valence-corrected chi connectivity index (χ0v) is 12.2. The molecule has 0 saturated heterocycles. The first-order chi connectivity index (χ1) is 10.1. The van der Waals surface area contributed by atoms with Gasteiger partial charge in [-0.1, -0.05) is 36.4 Å². The lowest BCUT2D eigenvalue weighted by Gasteiger charge is -2.04. The highest BCUT2D eigenvalue weighted by atomic mass is 16.5. The summed E-state index contributed by atoms with van der Waals surface area (Å²) in [6.07, 6.45) is 0. The molecule has 4 nitrogen and oxygen atoms in total. The van der Waals surface area contributed by atoms with Gasteiger partial charge in [0.2, 0.25) is 0 Å². The quantitative estimate of drug-likeness (QED) is 0.668. The third kappa shape index (κ3) is 4.93. The van der Waals surface area contributed by atoms with Gasteiger partial charge in [0.15, 0.2) is 17.3 Å². The topological polar surface area (TPSA) is 66.8 Å². The van der Waals surface area contributed by atoms with Gasteiger partial charge in [-0.05, 0) is 26.0 Å². The molecule has 0 bridgehead atoms. The predicted molar refractivity (Wildman–Crippen MR) is 81.8 cm³/mol. The molecule has 2 rings (SSSR count). The van der Waals surface area contributed by atoms with Crippen LogP contribution in [0, 0.1) is 0 Å². The minimum Gasteiger partial charge on any atom is -0.504 e. The van der Waals surface area contributed by atoms with Gasteiger partial charge in [-0.15, -0.1) is 0 Å². The predicted octanol–water partition coefficient (Wildman–Crippen LogP) is 3.37. The molecule has 0 aliphatic carbocycles. The Labute approximate surface area is 124 Å². The fraction of sp³-hybridized carbons (Fsp3) is 0.235. The van der Waals surface area contributed by atoms with Gasteiger partial charge in [-0.2, -0.15) is 0 Å². The zero-order valence-electron chi connectivity index (χ0n) is 12.2. The van der Waals surface area contributed by atoms with Gasteiger partial charge in [0.05, 0.1) is 5.56 Å². The molecular weight excluding hydrogens is 268 g/mol. The van der Waals surface area contributed by atoms with Crippen molar-refractivity contribution in [3.8, 4) is 11.5 Å². The molecule has 0 aromatic heterocycles. The van der Waals surface area contributed by atoms with Gasteiger partial charge in [-0.3, -0.25) is 4.79 Å². The van der Waals surface area contributed by atoms with Crippen molar-refractivity contribution in [3.63, 3.8) is 0 Å². The van der Waals surface area contributed by atoms with Crippen LogP contribution in [0.4, 0.5) is 0 Å². The molecule has 2 N–H and O–H groups in total. The normalized spacial score (nSPS) is 9.62. The molecule has 0 amide bonds. The standard InChI is InChI=1S/C13H10O3.C4H10O/c14-11-8-4-7-10(13(11)16)12(15)9-5-2-1-3-6-9;1-3-5-4-2/h1-8,14,16H;3-4H2,1-2H3. The van der Waals surface area contributed by atoms with E-state index in [1.54, 1.807) is 30.3 Å². The summed E-state index contributed by atoms with van der Waals surface area (Å²) in [6, 6.07) is 12.9. The number of hydrogen-bond donors (Lipinski definition) is 2. The van der Waals surface area contributed by atoms with Gasteiger partial charge in [0.25, 0.3) is 0 Å². The Morgan fingerprint density at radius 3 is 2.10 bits per heavy atom. The Morgan fingerprint density at radius 2 is 1.57 bits per heavy atom. The number of phenols is 2. The smallest absolute Gasteiger partial charge is 0.196 e. The summed E-state index contributed by atoms with van der Waals surface area (Å²) in [6.45, 7) is 5.67. The maximum Gasteiger partial charge on any atom is 0.196 e. The average molecular weight is 288 g/mol. The number of para-hydroxylation sites is 1. The molecular formula is C17H20O4. The average Bonchev–Trinajstić information content (AvgIpc) is 2.52. The lowest BCUT2D eigenvalue weighted by molar-refractivity contribution is 0.103. The van der Waals surface area contributed by atoms with Crippen LogP contribution < -0.4 is 0 Å². The second kappa shape index (κ2) is 8.76. The molecule has 0 unspecified atom stereocenters. The van der Waals surface area contributed by atoms with E-state index < -0.39 is 0 Å². The Morgan fingerprint density at radius 1 is 0.952 bits per heavy atom. The molecule has 2 aromatic carbocycles. The van der Waals surface area contributed by atoms with Crippen LogP contribution in [0.2, 0.25) is 0 Å². The van der Waals surface area contributed by atoms with Crippen LogP contribution in [0.1, 0.15) is 29.8 Å². The third-order valence-electron chi connectivity index (χ3n) is 2.70. The van der Waals surface area contributed by atoms with E-state index in [0.29, 0.717) is 5.56 Å². The molecule has 0 saturated carbocycles. The van der Waals surface area contributed by atoms with Crippen molar-refractivity contribution in [2.24, 2.45) is 0 Å². The minimum absolute atomic E-state index is 0.103. The Bertz CT molecular complexity index is 562. The highest BCUT2D eigenvalue weighted by Gasteiger charge is 2.15. The van der Waals surface area contributed by atoms with Crippen LogP contribution >= 0.6 is 0 Å². The summed E-state index contributed by atoms with van der Waals surface area (Å²) in [5.41, 5.74) is 0.578. The van der Waals surface area contributed by atoms with Gasteiger partial charge in [0.1, 0.15) is 0 Å². The SMILES string of the molecule is CCOCC.O=C(c1ccccc1)c1cccc(O)c1O. The monoisotopic (exact) mass is 288 g/mol. The largest absolute Gasteiger partial charge is 0.504 e. The third-order valence-corrected chi connectivity index (χ3v) is 2.70. The van der Waals surface area contributed by atoms with E-state index in [-0.39, 0.29) is 22.8 Å². The summed E-state index contributed by atoms with van der Waals surface area (Å²) >= 11 is 0. The van der Waals surface area contributed by atoms with Crippen LogP contribution in [-0.4, -0.2) is 29.2 Å². The van der Waals surface area contributed by atoms with E-state index in [0.717, 1.165) is 13.2 Å². The molecule has 21 heavy (non-hydrogen) atoms. The van der Waals surface area contributed by atoms with E-state index in [9.17, 15) is 15.0 Å². The van der Waals surface area contributed by atoms with Crippen molar-refractivity contribution >= 4 is 5.78 Å². The van der Waals surface area contributed by atoms with Gasteiger partial charge in [0, 0.05) is 18.8 Å². The second-order valence-electron chi connectivity index (χ2n) is 4.15. The Hall–Kier alpha value is -2.33. The first-order valence-corrected chi connectivity index (χ1v) is 6.80. The van der Waals surface area contributed by atoms with Crippen molar-refractivity contribution in [1.82, 2.24) is 0 Å². The molecule has 4 heteroatoms. The Kier molecular flexibility index (Phi) is 6.98. The van der Waals surface area contributed by atoms with Crippen molar-refractivity contribution in [2.75, 3.05) is 13.2 Å². The van der Waals surface area contributed by atoms with Crippen molar-refractivity contribution in [2.45, 2.75) is 13.8 Å². The number of carbonyl (C=O) groups excluding carboxylic acids is 1. The zero-order chi connectivity index (χ0) is 15.7. The highest BCUT2D eigenvalue weighted by molar-refractivity contribution is 6.11.